The zero-order chi connectivity index (χ0) is 9.14. The number of amides is 1. The van der Waals surface area contributed by atoms with Crippen LogP contribution in [-0.4, -0.2) is 22.1 Å². The first-order valence-corrected chi connectivity index (χ1v) is 4.61. The summed E-state index contributed by atoms with van der Waals surface area (Å²) in [6.45, 7) is 0. The summed E-state index contributed by atoms with van der Waals surface area (Å²) in [5, 5.41) is 0.617. The summed E-state index contributed by atoms with van der Waals surface area (Å²) in [5.41, 5.74) is 5.36. The molecule has 1 aromatic rings. The van der Waals surface area contributed by atoms with Crippen LogP contribution in [0.5, 0.6) is 0 Å². The van der Waals surface area contributed by atoms with Crippen LogP contribution in [0, 0.1) is 0 Å². The molecule has 1 amide bonds. The molecule has 1 aromatic heterocycles. The summed E-state index contributed by atoms with van der Waals surface area (Å²) in [5.74, 6) is -0.545. The Morgan fingerprint density at radius 2 is 2.42 bits per heavy atom. The van der Waals surface area contributed by atoms with Gasteiger partial charge in [-0.15, -0.1) is 11.8 Å². The van der Waals surface area contributed by atoms with E-state index >= 15 is 0 Å². The van der Waals surface area contributed by atoms with Gasteiger partial charge in [0.05, 0.1) is 5.56 Å². The molecule has 0 spiro atoms. The topological polar surface area (TPSA) is 68.9 Å². The fourth-order valence-corrected chi connectivity index (χ4v) is 1.40. The number of nitrogens with two attached hydrogens (primary N) is 1. The van der Waals surface area contributed by atoms with E-state index in [0.717, 1.165) is 0 Å². The third kappa shape index (κ3) is 1.86. The van der Waals surface area contributed by atoms with Crippen LogP contribution < -0.4 is 5.73 Å². The van der Waals surface area contributed by atoms with Gasteiger partial charge in [0.1, 0.15) is 5.03 Å². The van der Waals surface area contributed by atoms with Crippen LogP contribution >= 0.6 is 23.4 Å². The fraction of sp³-hybridized carbons (Fsp3) is 0.167. The minimum absolute atomic E-state index is 0.115. The maximum absolute atomic E-state index is 10.8. The Hall–Kier alpha value is -0.810. The van der Waals surface area contributed by atoms with E-state index in [9.17, 15) is 4.79 Å². The molecule has 0 aromatic carbocycles. The largest absolute Gasteiger partial charge is 0.365 e. The van der Waals surface area contributed by atoms with Crippen LogP contribution in [-0.2, 0) is 0 Å². The van der Waals surface area contributed by atoms with Crippen LogP contribution in [0.4, 0.5) is 0 Å². The van der Waals surface area contributed by atoms with E-state index < -0.39 is 5.91 Å². The lowest BCUT2D eigenvalue weighted by molar-refractivity contribution is 0.0996. The number of primary amides is 1. The van der Waals surface area contributed by atoms with Gasteiger partial charge in [-0.1, -0.05) is 0 Å². The molecule has 0 aliphatic carbocycles. The molecule has 0 fully saturated rings. The molecule has 0 unspecified atom stereocenters. The second kappa shape index (κ2) is 3.73. The number of carbonyl (C=O) groups excluding carboxylic acids is 1. The number of carbonyl (C=O) groups is 1. The van der Waals surface area contributed by atoms with Gasteiger partial charge < -0.3 is 5.73 Å². The number of aromatic nitrogens is 2. The molecule has 1 heterocycles. The molecule has 0 bridgehead atoms. The van der Waals surface area contributed by atoms with E-state index in [1.165, 1.54) is 18.0 Å². The van der Waals surface area contributed by atoms with E-state index in [0.29, 0.717) is 10.6 Å². The van der Waals surface area contributed by atoms with E-state index in [-0.39, 0.29) is 5.28 Å². The van der Waals surface area contributed by atoms with Gasteiger partial charge in [-0.3, -0.25) is 4.79 Å². The van der Waals surface area contributed by atoms with E-state index in [2.05, 4.69) is 9.97 Å². The van der Waals surface area contributed by atoms with Crippen LogP contribution in [0.3, 0.4) is 0 Å². The average molecular weight is 204 g/mol. The van der Waals surface area contributed by atoms with Crippen LogP contribution in [0.25, 0.3) is 0 Å². The minimum atomic E-state index is -0.545. The van der Waals surface area contributed by atoms with Crippen LogP contribution in [0.1, 0.15) is 10.4 Å². The van der Waals surface area contributed by atoms with Crippen molar-refractivity contribution in [2.24, 2.45) is 5.73 Å². The number of rotatable bonds is 2. The minimum Gasteiger partial charge on any atom is -0.365 e. The van der Waals surface area contributed by atoms with Gasteiger partial charge in [0.2, 0.25) is 5.28 Å². The van der Waals surface area contributed by atoms with Gasteiger partial charge in [0.15, 0.2) is 0 Å². The summed E-state index contributed by atoms with van der Waals surface area (Å²) in [7, 11) is 0. The van der Waals surface area contributed by atoms with E-state index in [4.69, 9.17) is 17.3 Å². The summed E-state index contributed by atoms with van der Waals surface area (Å²) in [6, 6.07) is 0. The highest BCUT2D eigenvalue weighted by Crippen LogP contribution is 2.17. The molecule has 0 saturated heterocycles. The van der Waals surface area contributed by atoms with E-state index in [1.807, 2.05) is 0 Å². The van der Waals surface area contributed by atoms with Gasteiger partial charge in [-0.25, -0.2) is 9.97 Å². The zero-order valence-corrected chi connectivity index (χ0v) is 7.82. The van der Waals surface area contributed by atoms with Gasteiger partial charge >= 0.3 is 0 Å². The predicted molar refractivity (Wildman–Crippen MR) is 47.3 cm³/mol. The van der Waals surface area contributed by atoms with Gasteiger partial charge in [-0.05, 0) is 17.9 Å². The molecule has 64 valence electrons. The Morgan fingerprint density at radius 3 is 2.92 bits per heavy atom. The third-order valence-electron chi connectivity index (χ3n) is 1.18. The lowest BCUT2D eigenvalue weighted by Crippen LogP contribution is -2.13. The second-order valence-electron chi connectivity index (χ2n) is 1.93. The fourth-order valence-electron chi connectivity index (χ4n) is 0.671. The number of nitrogens with zero attached hydrogens (tertiary/aromatic N) is 2. The first-order chi connectivity index (χ1) is 5.65. The monoisotopic (exact) mass is 203 g/mol. The Labute approximate surface area is 78.5 Å². The quantitative estimate of drug-likeness (QED) is 0.442. The molecule has 0 aliphatic rings. The first kappa shape index (κ1) is 9.28. The molecule has 4 nitrogen and oxygen atoms in total. The Kier molecular flexibility index (Phi) is 2.88. The smallest absolute Gasteiger partial charge is 0.253 e. The molecule has 6 heteroatoms. The van der Waals surface area contributed by atoms with E-state index in [1.54, 1.807) is 6.26 Å². The highest BCUT2D eigenvalue weighted by Gasteiger charge is 2.09. The van der Waals surface area contributed by atoms with Crippen molar-refractivity contribution in [2.75, 3.05) is 6.26 Å². The van der Waals surface area contributed by atoms with Crippen molar-refractivity contribution in [3.63, 3.8) is 0 Å². The summed E-state index contributed by atoms with van der Waals surface area (Å²) in [4.78, 5) is 18.3. The van der Waals surface area contributed by atoms with Gasteiger partial charge in [0, 0.05) is 6.20 Å². The maximum Gasteiger partial charge on any atom is 0.253 e. The lowest BCUT2D eigenvalue weighted by atomic mass is 10.3. The summed E-state index contributed by atoms with van der Waals surface area (Å²) >= 11 is 6.81. The number of hydrogen-bond donors (Lipinski definition) is 1. The third-order valence-corrected chi connectivity index (χ3v) is 2.06. The molecule has 0 saturated carbocycles. The number of thioether (sulfide) groups is 1. The molecule has 12 heavy (non-hydrogen) atoms. The van der Waals surface area contributed by atoms with Gasteiger partial charge in [0.25, 0.3) is 5.91 Å². The van der Waals surface area contributed by atoms with Gasteiger partial charge in [-0.2, -0.15) is 0 Å². The number of hydrogen-bond acceptors (Lipinski definition) is 4. The molecule has 0 radical (unpaired) electrons. The highest BCUT2D eigenvalue weighted by molar-refractivity contribution is 7.98. The molecule has 0 atom stereocenters. The number of halogens is 1. The van der Waals surface area contributed by atoms with Crippen LogP contribution in [0.2, 0.25) is 5.28 Å². The molecule has 1 rings (SSSR count). The zero-order valence-electron chi connectivity index (χ0n) is 6.24. The molecule has 0 aliphatic heterocycles. The molecular weight excluding hydrogens is 198 g/mol. The van der Waals surface area contributed by atoms with Crippen molar-refractivity contribution in [1.82, 2.24) is 9.97 Å². The predicted octanol–water partition coefficient (Wildman–Crippen LogP) is 0.951. The Morgan fingerprint density at radius 1 is 1.75 bits per heavy atom. The van der Waals surface area contributed by atoms with Crippen molar-refractivity contribution >= 4 is 29.3 Å². The summed E-state index contributed by atoms with van der Waals surface area (Å²) < 4.78 is 0. The second-order valence-corrected chi connectivity index (χ2v) is 3.06. The molecule has 2 N–H and O–H groups in total. The average Bonchev–Trinajstić information content (AvgIpc) is 2.03. The van der Waals surface area contributed by atoms with Crippen LogP contribution in [0.15, 0.2) is 11.2 Å². The van der Waals surface area contributed by atoms with Crippen molar-refractivity contribution in [2.45, 2.75) is 5.03 Å². The maximum atomic E-state index is 10.8. The Balaban J connectivity index is 3.20. The van der Waals surface area contributed by atoms with Crippen molar-refractivity contribution < 1.29 is 4.79 Å². The van der Waals surface area contributed by atoms with Crippen molar-refractivity contribution in [3.05, 3.63) is 17.0 Å². The standard InChI is InChI=1S/C6H6ClN3OS/c1-12-5-3(4(8)11)2-9-6(7)10-5/h2H,1H3,(H2,8,11). The van der Waals surface area contributed by atoms with Crippen molar-refractivity contribution in [1.29, 1.82) is 0 Å². The SMILES string of the molecule is CSc1nc(Cl)ncc1C(N)=O. The molecular formula is C6H6ClN3OS. The van der Waals surface area contributed by atoms with Crippen molar-refractivity contribution in [3.8, 4) is 0 Å². The normalized spacial score (nSPS) is 9.83. The Bertz CT molecular complexity index is 318. The first-order valence-electron chi connectivity index (χ1n) is 3.01. The highest BCUT2D eigenvalue weighted by atomic mass is 35.5. The lowest BCUT2D eigenvalue weighted by Gasteiger charge is -2.00. The summed E-state index contributed by atoms with van der Waals surface area (Å²) in [6.07, 6.45) is 3.11.